The maximum Gasteiger partial charge on any atom is 0.509 e. The third-order valence-corrected chi connectivity index (χ3v) is 5.15. The van der Waals surface area contributed by atoms with Crippen molar-refractivity contribution in [2.75, 3.05) is 26.3 Å². The molecule has 2 aromatic rings. The second-order valence-corrected chi connectivity index (χ2v) is 7.86. The number of nitrogens with zero attached hydrogens (tertiary/aromatic N) is 1. The summed E-state index contributed by atoms with van der Waals surface area (Å²) >= 11 is 23.5. The highest BCUT2D eigenvalue weighted by Crippen LogP contribution is 2.25. The number of carbonyl (C=O) groups excluding carboxylic acids is 1. The van der Waals surface area contributed by atoms with Gasteiger partial charge in [0.1, 0.15) is 26.2 Å². The average Bonchev–Trinajstić information content (AvgIpc) is 2.60. The van der Waals surface area contributed by atoms with Gasteiger partial charge in [-0.1, -0.05) is 64.6 Å². The van der Waals surface area contributed by atoms with Gasteiger partial charge in [0.25, 0.3) is 0 Å². The van der Waals surface area contributed by atoms with Gasteiger partial charge < -0.3 is 14.0 Å². The first-order valence-corrected chi connectivity index (χ1v) is 9.85. The Hall–Kier alpha value is -1.17. The Morgan fingerprint density at radius 2 is 1.56 bits per heavy atom. The Balaban J connectivity index is 2.13. The summed E-state index contributed by atoms with van der Waals surface area (Å²) in [7, 11) is 2.08. The van der Waals surface area contributed by atoms with E-state index in [-0.39, 0.29) is 12.7 Å². The Kier molecular flexibility index (Phi) is 8.52. The van der Waals surface area contributed by atoms with Crippen molar-refractivity contribution >= 4 is 52.6 Å². The van der Waals surface area contributed by atoms with Gasteiger partial charge in [0.2, 0.25) is 0 Å². The Labute approximate surface area is 179 Å². The summed E-state index contributed by atoms with van der Waals surface area (Å²) in [6.45, 7) is 2.15. The van der Waals surface area contributed by atoms with Crippen LogP contribution in [0.15, 0.2) is 42.5 Å². The molecule has 0 aromatic heterocycles. The van der Waals surface area contributed by atoms with Crippen molar-refractivity contribution in [3.05, 3.63) is 68.7 Å². The second-order valence-electron chi connectivity index (χ2n) is 6.39. The van der Waals surface area contributed by atoms with Gasteiger partial charge in [-0.25, -0.2) is 4.79 Å². The second kappa shape index (κ2) is 10.4. The van der Waals surface area contributed by atoms with E-state index in [1.54, 1.807) is 6.07 Å². The van der Waals surface area contributed by atoms with Crippen molar-refractivity contribution in [3.63, 3.8) is 0 Å². The lowest BCUT2D eigenvalue weighted by molar-refractivity contribution is -0.935. The largest absolute Gasteiger partial charge is 0.509 e. The van der Waals surface area contributed by atoms with Gasteiger partial charge in [0, 0.05) is 16.1 Å². The number of alkyl halides is 1. The molecule has 1 unspecified atom stereocenters. The number of likely N-dealkylation sites (N-methyl/N-ethyl adjacent to an activating group) is 1. The molecule has 0 amide bonds. The molecule has 0 heterocycles. The highest BCUT2D eigenvalue weighted by atomic mass is 35.5. The lowest BCUT2D eigenvalue weighted by atomic mass is 10.1. The predicted octanol–water partition coefficient (Wildman–Crippen LogP) is 6.14. The molecule has 0 saturated heterocycles. The number of hydrogen-bond donors (Lipinski definition) is 0. The van der Waals surface area contributed by atoms with E-state index >= 15 is 0 Å². The van der Waals surface area contributed by atoms with Gasteiger partial charge >= 0.3 is 6.16 Å². The number of rotatable bonds is 8. The summed E-state index contributed by atoms with van der Waals surface area (Å²) in [6, 6.07) is 13.0. The molecular weight excluding hydrogens is 432 g/mol. The molecule has 0 saturated carbocycles. The molecule has 0 aliphatic carbocycles. The van der Waals surface area contributed by atoms with E-state index in [4.69, 9.17) is 51.1 Å². The molecule has 8 heteroatoms. The van der Waals surface area contributed by atoms with Crippen molar-refractivity contribution in [1.82, 2.24) is 0 Å². The van der Waals surface area contributed by atoms with Crippen LogP contribution in [0, 0.1) is 0 Å². The van der Waals surface area contributed by atoms with Crippen LogP contribution in [0.4, 0.5) is 4.79 Å². The topological polar surface area (TPSA) is 35.5 Å². The lowest BCUT2D eigenvalue weighted by Gasteiger charge is -2.34. The van der Waals surface area contributed by atoms with Gasteiger partial charge in [0.15, 0.2) is 6.07 Å². The minimum absolute atomic E-state index is 0.196. The molecule has 1 atom stereocenters. The summed E-state index contributed by atoms with van der Waals surface area (Å²) in [5.74, 6) is 0. The highest BCUT2D eigenvalue weighted by molar-refractivity contribution is 6.42. The van der Waals surface area contributed by atoms with Crippen LogP contribution < -0.4 is 0 Å². The van der Waals surface area contributed by atoms with Crippen LogP contribution in [0.3, 0.4) is 0 Å². The molecule has 0 fully saturated rings. The minimum atomic E-state index is -0.780. The van der Waals surface area contributed by atoms with E-state index in [0.717, 1.165) is 11.1 Å². The summed E-state index contributed by atoms with van der Waals surface area (Å²) < 4.78 is 10.2. The number of halogens is 4. The molecule has 0 N–H and O–H groups in total. The van der Waals surface area contributed by atoms with Gasteiger partial charge in [-0.15, -0.1) is 0 Å². The van der Waals surface area contributed by atoms with Crippen molar-refractivity contribution in [3.8, 4) is 0 Å². The fourth-order valence-corrected chi connectivity index (χ4v) is 3.29. The lowest BCUT2D eigenvalue weighted by Crippen LogP contribution is -2.45. The van der Waals surface area contributed by atoms with Gasteiger partial charge in [-0.05, 0) is 24.3 Å². The van der Waals surface area contributed by atoms with E-state index in [0.29, 0.717) is 39.2 Å². The maximum atomic E-state index is 11.4. The predicted molar refractivity (Wildman–Crippen MR) is 110 cm³/mol. The molecule has 4 nitrogen and oxygen atoms in total. The molecule has 0 aliphatic rings. The number of hydrogen-bond acceptors (Lipinski definition) is 3. The standard InChI is InChI=1S/C19H20Cl4NO3/c1-24(8-9-26-19(25)27-13-20,11-14-2-5-16(21)6-3-14)12-15-4-7-17(22)18(23)10-15/h2-7,10H,8-9,11-13H2,1H3/q+1. The Bertz CT molecular complexity index is 770. The van der Waals surface area contributed by atoms with Crippen LogP contribution in [0.25, 0.3) is 0 Å². The molecule has 0 radical (unpaired) electrons. The molecule has 0 spiro atoms. The van der Waals surface area contributed by atoms with Crippen LogP contribution in [0.1, 0.15) is 11.1 Å². The fourth-order valence-electron chi connectivity index (χ4n) is 2.76. The van der Waals surface area contributed by atoms with Crippen molar-refractivity contribution < 1.29 is 18.8 Å². The number of quaternary nitrogens is 1. The third-order valence-electron chi connectivity index (χ3n) is 4.05. The van der Waals surface area contributed by atoms with Crippen molar-refractivity contribution in [1.29, 1.82) is 0 Å². The molecule has 0 aliphatic heterocycles. The SMILES string of the molecule is C[N+](CCOC(=O)OCCl)(Cc1ccc(Cl)cc1)Cc1ccc(Cl)c(Cl)c1. The minimum Gasteiger partial charge on any atom is -0.428 e. The van der Waals surface area contributed by atoms with Gasteiger partial charge in [0.05, 0.1) is 17.1 Å². The van der Waals surface area contributed by atoms with E-state index < -0.39 is 6.16 Å². The molecule has 146 valence electrons. The summed E-state index contributed by atoms with van der Waals surface area (Å²) in [5.41, 5.74) is 2.15. The first-order chi connectivity index (χ1) is 12.8. The number of ether oxygens (including phenoxy) is 2. The fraction of sp³-hybridized carbons (Fsp3) is 0.316. The number of carbonyl (C=O) groups is 1. The van der Waals surface area contributed by atoms with Crippen molar-refractivity contribution in [2.24, 2.45) is 0 Å². The van der Waals surface area contributed by atoms with Crippen LogP contribution >= 0.6 is 46.4 Å². The Morgan fingerprint density at radius 1 is 0.926 bits per heavy atom. The van der Waals surface area contributed by atoms with E-state index in [9.17, 15) is 4.79 Å². The van der Waals surface area contributed by atoms with Gasteiger partial charge in [-0.2, -0.15) is 0 Å². The monoisotopic (exact) mass is 450 g/mol. The highest BCUT2D eigenvalue weighted by Gasteiger charge is 2.24. The molecular formula is C19H20Cl4NO3+. The Morgan fingerprint density at radius 3 is 2.19 bits per heavy atom. The van der Waals surface area contributed by atoms with Gasteiger partial charge in [-0.3, -0.25) is 0 Å². The van der Waals surface area contributed by atoms with Crippen LogP contribution in [-0.2, 0) is 22.6 Å². The first-order valence-electron chi connectivity index (χ1n) is 8.19. The number of benzene rings is 2. The van der Waals surface area contributed by atoms with Crippen LogP contribution in [0.5, 0.6) is 0 Å². The van der Waals surface area contributed by atoms with E-state index in [1.807, 2.05) is 36.4 Å². The zero-order valence-corrected chi connectivity index (χ0v) is 17.8. The third kappa shape index (κ3) is 7.40. The summed E-state index contributed by atoms with van der Waals surface area (Å²) in [5, 5.41) is 1.71. The zero-order chi connectivity index (χ0) is 19.9. The van der Waals surface area contributed by atoms with Crippen LogP contribution in [0.2, 0.25) is 15.1 Å². The van der Waals surface area contributed by atoms with E-state index in [1.165, 1.54) is 0 Å². The maximum absolute atomic E-state index is 11.4. The van der Waals surface area contributed by atoms with Crippen molar-refractivity contribution in [2.45, 2.75) is 13.1 Å². The first kappa shape index (κ1) is 22.1. The quantitative estimate of drug-likeness (QED) is 0.274. The van der Waals surface area contributed by atoms with Crippen LogP contribution in [-0.4, -0.2) is 36.9 Å². The summed E-state index contributed by atoms with van der Waals surface area (Å²) in [6.07, 6.45) is -0.780. The normalized spacial score (nSPS) is 13.1. The average molecular weight is 452 g/mol. The smallest absolute Gasteiger partial charge is 0.428 e. The van der Waals surface area contributed by atoms with E-state index in [2.05, 4.69) is 11.8 Å². The zero-order valence-electron chi connectivity index (χ0n) is 14.8. The molecule has 2 rings (SSSR count). The molecule has 27 heavy (non-hydrogen) atoms. The summed E-state index contributed by atoms with van der Waals surface area (Å²) in [4.78, 5) is 11.4. The molecule has 2 aromatic carbocycles. The molecule has 0 bridgehead atoms.